The van der Waals surface area contributed by atoms with Gasteiger partial charge in [0.25, 0.3) is 0 Å². The molecule has 1 aliphatic rings. The van der Waals surface area contributed by atoms with Gasteiger partial charge in [0.1, 0.15) is 0 Å². The summed E-state index contributed by atoms with van der Waals surface area (Å²) >= 11 is 7.50. The SMILES string of the molecule is CCC1=CC(C)(Br)C(C)(CC)C=C1Br. The van der Waals surface area contributed by atoms with Crippen molar-refractivity contribution in [3.63, 3.8) is 0 Å². The summed E-state index contributed by atoms with van der Waals surface area (Å²) < 4.78 is 1.35. The van der Waals surface area contributed by atoms with Gasteiger partial charge in [-0.1, -0.05) is 64.8 Å². The van der Waals surface area contributed by atoms with Crippen molar-refractivity contribution in [2.24, 2.45) is 5.41 Å². The average Bonchev–Trinajstić information content (AvgIpc) is 2.11. The Bertz CT molecular complexity index is 287. The summed E-state index contributed by atoms with van der Waals surface area (Å²) in [4.78, 5) is 0. The van der Waals surface area contributed by atoms with Crippen molar-refractivity contribution in [3.8, 4) is 0 Å². The highest BCUT2D eigenvalue weighted by Crippen LogP contribution is 2.50. The summed E-state index contributed by atoms with van der Waals surface area (Å²) in [5.41, 5.74) is 1.60. The predicted molar refractivity (Wildman–Crippen MR) is 71.1 cm³/mol. The van der Waals surface area contributed by atoms with Gasteiger partial charge in [0.05, 0.1) is 4.32 Å². The van der Waals surface area contributed by atoms with Gasteiger partial charge in [-0.15, -0.1) is 0 Å². The Morgan fingerprint density at radius 1 is 1.21 bits per heavy atom. The molecule has 0 bridgehead atoms. The Morgan fingerprint density at radius 2 is 1.79 bits per heavy atom. The molecule has 0 nitrogen and oxygen atoms in total. The second-order valence-corrected chi connectivity index (χ2v) is 6.86. The average molecular weight is 322 g/mol. The Balaban J connectivity index is 3.15. The highest BCUT2D eigenvalue weighted by molar-refractivity contribution is 9.12. The van der Waals surface area contributed by atoms with Crippen molar-refractivity contribution in [1.29, 1.82) is 0 Å². The van der Waals surface area contributed by atoms with Crippen LogP contribution < -0.4 is 0 Å². The third-order valence-electron chi connectivity index (χ3n) is 3.43. The van der Waals surface area contributed by atoms with E-state index in [1.807, 2.05) is 0 Å². The largest absolute Gasteiger partial charge is 0.0801 e. The minimum Gasteiger partial charge on any atom is -0.0801 e. The molecule has 2 unspecified atom stereocenters. The van der Waals surface area contributed by atoms with Crippen LogP contribution in [0.2, 0.25) is 0 Å². The molecule has 1 aliphatic carbocycles. The molecule has 2 heteroatoms. The van der Waals surface area contributed by atoms with Crippen molar-refractivity contribution >= 4 is 31.9 Å². The third-order valence-corrected chi connectivity index (χ3v) is 5.30. The zero-order valence-electron chi connectivity index (χ0n) is 9.32. The Hall–Kier alpha value is 0.440. The first-order chi connectivity index (χ1) is 6.36. The van der Waals surface area contributed by atoms with E-state index in [-0.39, 0.29) is 9.74 Å². The molecule has 0 amide bonds. The fraction of sp³-hybridized carbons (Fsp3) is 0.667. The van der Waals surface area contributed by atoms with Crippen LogP contribution in [0, 0.1) is 5.41 Å². The Morgan fingerprint density at radius 3 is 2.21 bits per heavy atom. The number of hydrogen-bond acceptors (Lipinski definition) is 0. The van der Waals surface area contributed by atoms with E-state index in [1.54, 1.807) is 0 Å². The fourth-order valence-corrected chi connectivity index (χ4v) is 3.36. The lowest BCUT2D eigenvalue weighted by Gasteiger charge is -2.42. The van der Waals surface area contributed by atoms with Gasteiger partial charge in [0.2, 0.25) is 0 Å². The van der Waals surface area contributed by atoms with Crippen LogP contribution in [0.3, 0.4) is 0 Å². The smallest absolute Gasteiger partial charge is 0.0502 e. The molecule has 0 heterocycles. The van der Waals surface area contributed by atoms with Gasteiger partial charge in [-0.3, -0.25) is 0 Å². The van der Waals surface area contributed by atoms with E-state index in [2.05, 4.69) is 71.7 Å². The minimum atomic E-state index is 0.0807. The second kappa shape index (κ2) is 4.13. The number of halogens is 2. The molecule has 0 aromatic rings. The number of allylic oxidation sites excluding steroid dienone is 4. The van der Waals surface area contributed by atoms with E-state index in [0.717, 1.165) is 12.8 Å². The van der Waals surface area contributed by atoms with Gasteiger partial charge in [0, 0.05) is 9.90 Å². The van der Waals surface area contributed by atoms with Crippen LogP contribution in [0.15, 0.2) is 22.2 Å². The molecule has 2 atom stereocenters. The summed E-state index contributed by atoms with van der Waals surface area (Å²) in [5, 5.41) is 0. The molecule has 0 fully saturated rings. The van der Waals surface area contributed by atoms with E-state index in [9.17, 15) is 0 Å². The van der Waals surface area contributed by atoms with Gasteiger partial charge in [-0.05, 0) is 25.3 Å². The predicted octanol–water partition coefficient (Wildman–Crippen LogP) is 5.19. The van der Waals surface area contributed by atoms with E-state index < -0.39 is 0 Å². The van der Waals surface area contributed by atoms with Gasteiger partial charge >= 0.3 is 0 Å². The normalized spacial score (nSPS) is 37.9. The maximum absolute atomic E-state index is 3.84. The van der Waals surface area contributed by atoms with Crippen molar-refractivity contribution < 1.29 is 0 Å². The monoisotopic (exact) mass is 320 g/mol. The van der Waals surface area contributed by atoms with E-state index in [4.69, 9.17) is 0 Å². The summed E-state index contributed by atoms with van der Waals surface area (Å²) in [6.07, 6.45) is 6.91. The van der Waals surface area contributed by atoms with Crippen LogP contribution in [0.1, 0.15) is 40.5 Å². The van der Waals surface area contributed by atoms with E-state index in [1.165, 1.54) is 10.1 Å². The summed E-state index contributed by atoms with van der Waals surface area (Å²) in [7, 11) is 0. The molecule has 1 rings (SSSR count). The molecule has 80 valence electrons. The molecule has 0 aromatic carbocycles. The third kappa shape index (κ3) is 2.01. The molecule has 0 saturated carbocycles. The van der Waals surface area contributed by atoms with Crippen LogP contribution in [0.25, 0.3) is 0 Å². The molecule has 0 saturated heterocycles. The Labute approximate surface area is 104 Å². The molecule has 0 aliphatic heterocycles. The van der Waals surface area contributed by atoms with Crippen LogP contribution in [0.5, 0.6) is 0 Å². The van der Waals surface area contributed by atoms with Crippen LogP contribution in [0.4, 0.5) is 0 Å². The molecular formula is C12H18Br2. The Kier molecular flexibility index (Phi) is 3.69. The summed E-state index contributed by atoms with van der Waals surface area (Å²) in [6, 6.07) is 0. The molecule has 0 spiro atoms. The van der Waals surface area contributed by atoms with Gasteiger partial charge in [-0.2, -0.15) is 0 Å². The summed E-state index contributed by atoms with van der Waals surface area (Å²) in [5.74, 6) is 0. The van der Waals surface area contributed by atoms with E-state index >= 15 is 0 Å². The van der Waals surface area contributed by atoms with Crippen molar-refractivity contribution in [3.05, 3.63) is 22.2 Å². The molecular weight excluding hydrogens is 304 g/mol. The van der Waals surface area contributed by atoms with Gasteiger partial charge in [-0.25, -0.2) is 0 Å². The van der Waals surface area contributed by atoms with Crippen LogP contribution in [-0.4, -0.2) is 4.32 Å². The maximum atomic E-state index is 3.84. The zero-order chi connectivity index (χ0) is 11.0. The van der Waals surface area contributed by atoms with Crippen molar-refractivity contribution in [1.82, 2.24) is 0 Å². The van der Waals surface area contributed by atoms with Crippen molar-refractivity contribution in [2.75, 3.05) is 0 Å². The number of alkyl halides is 1. The molecule has 0 aromatic heterocycles. The number of hydrogen-bond donors (Lipinski definition) is 0. The molecule has 0 radical (unpaired) electrons. The lowest BCUT2D eigenvalue weighted by molar-refractivity contribution is 0.349. The van der Waals surface area contributed by atoms with Crippen LogP contribution >= 0.6 is 31.9 Å². The number of rotatable bonds is 2. The first kappa shape index (κ1) is 12.5. The first-order valence-electron chi connectivity index (χ1n) is 5.15. The topological polar surface area (TPSA) is 0 Å². The summed E-state index contributed by atoms with van der Waals surface area (Å²) in [6.45, 7) is 8.98. The lowest BCUT2D eigenvalue weighted by atomic mass is 9.72. The maximum Gasteiger partial charge on any atom is 0.0502 e. The highest BCUT2D eigenvalue weighted by atomic mass is 79.9. The fourth-order valence-electron chi connectivity index (χ4n) is 1.79. The molecule has 0 N–H and O–H groups in total. The van der Waals surface area contributed by atoms with E-state index in [0.29, 0.717) is 0 Å². The molecule has 14 heavy (non-hydrogen) atoms. The van der Waals surface area contributed by atoms with Crippen LogP contribution in [-0.2, 0) is 0 Å². The zero-order valence-corrected chi connectivity index (χ0v) is 12.5. The van der Waals surface area contributed by atoms with Gasteiger partial charge in [0.15, 0.2) is 0 Å². The highest BCUT2D eigenvalue weighted by Gasteiger charge is 2.41. The van der Waals surface area contributed by atoms with Crippen molar-refractivity contribution in [2.45, 2.75) is 44.9 Å². The lowest BCUT2D eigenvalue weighted by Crippen LogP contribution is -2.37. The first-order valence-corrected chi connectivity index (χ1v) is 6.74. The second-order valence-electron chi connectivity index (χ2n) is 4.36. The van der Waals surface area contributed by atoms with Gasteiger partial charge < -0.3 is 0 Å². The minimum absolute atomic E-state index is 0.0807. The standard InChI is InChI=1S/C12H18Br2/c1-5-9-7-12(4,14)11(3,6-2)8-10(9)13/h7-8H,5-6H2,1-4H3. The quantitative estimate of drug-likeness (QED) is 0.614.